The standard InChI is InChI=1S/C20H20O2/c1-14-17(19(21)15-8-4-2-5-9-15)12-13-18(14)20(22)16-10-6-3-7-11-16/h2-11,14,17-18H,12-13H2,1H3. The predicted molar refractivity (Wildman–Crippen MR) is 86.9 cm³/mol. The van der Waals surface area contributed by atoms with Crippen LogP contribution in [0.2, 0.25) is 0 Å². The van der Waals surface area contributed by atoms with Crippen LogP contribution in [-0.4, -0.2) is 11.6 Å². The van der Waals surface area contributed by atoms with Gasteiger partial charge >= 0.3 is 0 Å². The van der Waals surface area contributed by atoms with Crippen LogP contribution in [0.15, 0.2) is 60.7 Å². The van der Waals surface area contributed by atoms with Crippen molar-refractivity contribution < 1.29 is 9.59 Å². The first kappa shape index (κ1) is 14.7. The minimum atomic E-state index is -0.0416. The van der Waals surface area contributed by atoms with Crippen molar-refractivity contribution in [3.05, 3.63) is 71.8 Å². The fourth-order valence-corrected chi connectivity index (χ4v) is 3.54. The van der Waals surface area contributed by atoms with Gasteiger partial charge in [-0.1, -0.05) is 67.6 Å². The maximum atomic E-state index is 12.7. The van der Waals surface area contributed by atoms with Crippen LogP contribution in [-0.2, 0) is 0 Å². The molecule has 2 nitrogen and oxygen atoms in total. The monoisotopic (exact) mass is 292 g/mol. The van der Waals surface area contributed by atoms with Gasteiger partial charge in [0.1, 0.15) is 0 Å². The molecule has 0 N–H and O–H groups in total. The molecule has 3 rings (SSSR count). The molecule has 2 heteroatoms. The first-order valence-corrected chi connectivity index (χ1v) is 7.87. The molecule has 2 aromatic rings. The van der Waals surface area contributed by atoms with Crippen LogP contribution >= 0.6 is 0 Å². The summed E-state index contributed by atoms with van der Waals surface area (Å²) in [6.07, 6.45) is 1.61. The Balaban J connectivity index is 1.76. The third-order valence-electron chi connectivity index (χ3n) is 4.85. The molecule has 112 valence electrons. The predicted octanol–water partition coefficient (Wildman–Crippen LogP) is 4.41. The molecule has 1 aliphatic carbocycles. The first-order valence-electron chi connectivity index (χ1n) is 7.87. The van der Waals surface area contributed by atoms with Crippen molar-refractivity contribution in [2.24, 2.45) is 17.8 Å². The quantitative estimate of drug-likeness (QED) is 0.782. The Morgan fingerprint density at radius 2 is 1.09 bits per heavy atom. The second-order valence-corrected chi connectivity index (χ2v) is 6.11. The lowest BCUT2D eigenvalue weighted by atomic mass is 9.83. The smallest absolute Gasteiger partial charge is 0.166 e. The molecular weight excluding hydrogens is 272 g/mol. The van der Waals surface area contributed by atoms with E-state index in [1.165, 1.54) is 0 Å². The highest BCUT2D eigenvalue weighted by Gasteiger charge is 2.40. The van der Waals surface area contributed by atoms with Crippen molar-refractivity contribution in [3.8, 4) is 0 Å². The minimum Gasteiger partial charge on any atom is -0.294 e. The van der Waals surface area contributed by atoms with Crippen LogP contribution in [0.5, 0.6) is 0 Å². The van der Waals surface area contributed by atoms with Gasteiger partial charge in [0.25, 0.3) is 0 Å². The average molecular weight is 292 g/mol. The van der Waals surface area contributed by atoms with E-state index in [2.05, 4.69) is 0 Å². The van der Waals surface area contributed by atoms with Crippen molar-refractivity contribution in [2.75, 3.05) is 0 Å². The largest absolute Gasteiger partial charge is 0.294 e. The fraction of sp³-hybridized carbons (Fsp3) is 0.300. The van der Waals surface area contributed by atoms with Crippen LogP contribution in [0.1, 0.15) is 40.5 Å². The molecule has 0 heterocycles. The molecule has 0 aromatic heterocycles. The zero-order valence-corrected chi connectivity index (χ0v) is 12.7. The van der Waals surface area contributed by atoms with Crippen molar-refractivity contribution in [1.82, 2.24) is 0 Å². The van der Waals surface area contributed by atoms with Crippen LogP contribution in [0.4, 0.5) is 0 Å². The Morgan fingerprint density at radius 3 is 1.45 bits per heavy atom. The molecule has 2 aromatic carbocycles. The lowest BCUT2D eigenvalue weighted by Gasteiger charge is -2.19. The van der Waals surface area contributed by atoms with Gasteiger partial charge in [-0.25, -0.2) is 0 Å². The number of hydrogen-bond acceptors (Lipinski definition) is 2. The SMILES string of the molecule is CC1C(C(=O)c2ccccc2)CCC1C(=O)c1ccccc1. The summed E-state index contributed by atoms with van der Waals surface area (Å²) in [6.45, 7) is 2.05. The van der Waals surface area contributed by atoms with Gasteiger partial charge in [0.05, 0.1) is 0 Å². The van der Waals surface area contributed by atoms with Gasteiger partial charge in [-0.3, -0.25) is 9.59 Å². The van der Waals surface area contributed by atoms with Crippen LogP contribution in [0.25, 0.3) is 0 Å². The minimum absolute atomic E-state index is 0.0416. The lowest BCUT2D eigenvalue weighted by molar-refractivity contribution is 0.0842. The van der Waals surface area contributed by atoms with Crippen molar-refractivity contribution >= 4 is 11.6 Å². The molecule has 2 atom stereocenters. The Morgan fingerprint density at radius 1 is 0.727 bits per heavy atom. The van der Waals surface area contributed by atoms with Gasteiger partial charge in [0.2, 0.25) is 0 Å². The fourth-order valence-electron chi connectivity index (χ4n) is 3.54. The maximum absolute atomic E-state index is 12.7. The molecule has 22 heavy (non-hydrogen) atoms. The average Bonchev–Trinajstić information content (AvgIpc) is 2.96. The number of rotatable bonds is 4. The van der Waals surface area contributed by atoms with Crippen LogP contribution in [0.3, 0.4) is 0 Å². The van der Waals surface area contributed by atoms with Gasteiger partial charge in [-0.15, -0.1) is 0 Å². The van der Waals surface area contributed by atoms with E-state index in [4.69, 9.17) is 0 Å². The Bertz CT molecular complexity index is 601. The van der Waals surface area contributed by atoms with Crippen LogP contribution in [0, 0.1) is 17.8 Å². The second-order valence-electron chi connectivity index (χ2n) is 6.11. The summed E-state index contributed by atoms with van der Waals surface area (Å²) in [5.41, 5.74) is 1.51. The van der Waals surface area contributed by atoms with E-state index < -0.39 is 0 Å². The van der Waals surface area contributed by atoms with Crippen molar-refractivity contribution in [3.63, 3.8) is 0 Å². The summed E-state index contributed by atoms with van der Waals surface area (Å²) in [5.74, 6) is 0.369. The van der Waals surface area contributed by atoms with Gasteiger partial charge in [-0.2, -0.15) is 0 Å². The van der Waals surface area contributed by atoms with E-state index in [1.807, 2.05) is 67.6 Å². The molecule has 2 unspecified atom stereocenters. The zero-order chi connectivity index (χ0) is 15.5. The van der Waals surface area contributed by atoms with Gasteiger partial charge in [0.15, 0.2) is 11.6 Å². The first-order chi connectivity index (χ1) is 10.7. The van der Waals surface area contributed by atoms with E-state index in [0.717, 1.165) is 24.0 Å². The highest BCUT2D eigenvalue weighted by atomic mass is 16.1. The number of ketones is 2. The Kier molecular flexibility index (Phi) is 4.19. The van der Waals surface area contributed by atoms with Crippen molar-refractivity contribution in [2.45, 2.75) is 19.8 Å². The summed E-state index contributed by atoms with van der Waals surface area (Å²) in [4.78, 5) is 25.3. The third kappa shape index (κ3) is 2.74. The second kappa shape index (κ2) is 6.27. The molecule has 1 aliphatic rings. The Hall–Kier alpha value is -2.22. The van der Waals surface area contributed by atoms with Crippen LogP contribution < -0.4 is 0 Å². The maximum Gasteiger partial charge on any atom is 0.166 e. The molecule has 0 bridgehead atoms. The molecule has 0 spiro atoms. The molecule has 1 saturated carbocycles. The summed E-state index contributed by atoms with van der Waals surface area (Å²) >= 11 is 0. The highest BCUT2D eigenvalue weighted by molar-refractivity contribution is 6.01. The normalized spacial score (nSPS) is 24.1. The van der Waals surface area contributed by atoms with E-state index in [0.29, 0.717) is 0 Å². The molecule has 0 aliphatic heterocycles. The van der Waals surface area contributed by atoms with Gasteiger partial charge in [-0.05, 0) is 18.8 Å². The lowest BCUT2D eigenvalue weighted by Crippen LogP contribution is -2.24. The third-order valence-corrected chi connectivity index (χ3v) is 4.85. The van der Waals surface area contributed by atoms with E-state index in [9.17, 15) is 9.59 Å². The number of hydrogen-bond donors (Lipinski definition) is 0. The summed E-state index contributed by atoms with van der Waals surface area (Å²) in [6, 6.07) is 18.8. The van der Waals surface area contributed by atoms with Gasteiger partial charge in [0, 0.05) is 23.0 Å². The number of Topliss-reactive ketones (excluding diaryl/α,β-unsaturated/α-hetero) is 2. The number of carbonyl (C=O) groups is 2. The Labute approximate surface area is 131 Å². The molecular formula is C20H20O2. The number of benzene rings is 2. The van der Waals surface area contributed by atoms with E-state index in [1.54, 1.807) is 0 Å². The molecule has 0 amide bonds. The molecule has 1 fully saturated rings. The van der Waals surface area contributed by atoms with Gasteiger partial charge < -0.3 is 0 Å². The summed E-state index contributed by atoms with van der Waals surface area (Å²) in [5, 5.41) is 0. The number of carbonyl (C=O) groups excluding carboxylic acids is 2. The highest BCUT2D eigenvalue weighted by Crippen LogP contribution is 2.40. The van der Waals surface area contributed by atoms with E-state index in [-0.39, 0.29) is 29.3 Å². The summed E-state index contributed by atoms with van der Waals surface area (Å²) in [7, 11) is 0. The topological polar surface area (TPSA) is 34.1 Å². The zero-order valence-electron chi connectivity index (χ0n) is 12.7. The van der Waals surface area contributed by atoms with E-state index >= 15 is 0 Å². The summed E-state index contributed by atoms with van der Waals surface area (Å²) < 4.78 is 0. The molecule has 0 radical (unpaired) electrons. The van der Waals surface area contributed by atoms with Crippen molar-refractivity contribution in [1.29, 1.82) is 0 Å². The molecule has 0 saturated heterocycles.